The van der Waals surface area contributed by atoms with Crippen LogP contribution >= 0.6 is 0 Å². The van der Waals surface area contributed by atoms with Gasteiger partial charge in [-0.1, -0.05) is 0 Å². The van der Waals surface area contributed by atoms with Crippen LogP contribution in [-0.2, 0) is 15.3 Å². The lowest BCUT2D eigenvalue weighted by molar-refractivity contribution is 0.189. The normalized spacial score (nSPS) is 11.9. The summed E-state index contributed by atoms with van der Waals surface area (Å²) in [5, 5.41) is 0. The molecule has 108 valence electrons. The van der Waals surface area contributed by atoms with Crippen molar-refractivity contribution >= 4 is 8.56 Å². The predicted molar refractivity (Wildman–Crippen MR) is 69.7 cm³/mol. The van der Waals surface area contributed by atoms with Crippen molar-refractivity contribution in [3.63, 3.8) is 0 Å². The van der Waals surface area contributed by atoms with Gasteiger partial charge in [0.05, 0.1) is 0 Å². The minimum Gasteiger partial charge on any atom is -0.395 e. The molecule has 19 heavy (non-hydrogen) atoms. The maximum atomic E-state index is 13.5. The molecule has 0 atom stereocenters. The Bertz CT molecular complexity index is 397. The molecule has 0 bridgehead atoms. The zero-order valence-electron chi connectivity index (χ0n) is 11.4. The second kappa shape index (κ2) is 7.07. The van der Waals surface area contributed by atoms with E-state index in [-0.39, 0.29) is 12.0 Å². The van der Waals surface area contributed by atoms with Crippen molar-refractivity contribution in [1.29, 1.82) is 0 Å². The molecule has 0 amide bonds. The maximum absolute atomic E-state index is 13.5. The van der Waals surface area contributed by atoms with Crippen LogP contribution in [0.3, 0.4) is 0 Å². The van der Waals surface area contributed by atoms with Crippen LogP contribution in [0.1, 0.15) is 19.4 Å². The molecule has 0 saturated heterocycles. The predicted octanol–water partition coefficient (Wildman–Crippen LogP) is 3.79. The van der Waals surface area contributed by atoms with Crippen molar-refractivity contribution in [3.8, 4) is 0 Å². The Balaban J connectivity index is 2.80. The zero-order chi connectivity index (χ0) is 14.5. The van der Waals surface area contributed by atoms with Gasteiger partial charge < -0.3 is 8.85 Å². The third-order valence-electron chi connectivity index (χ3n) is 2.83. The highest BCUT2D eigenvalue weighted by Gasteiger charge is 2.31. The van der Waals surface area contributed by atoms with Gasteiger partial charge in [0, 0.05) is 30.9 Å². The van der Waals surface area contributed by atoms with Crippen molar-refractivity contribution in [2.24, 2.45) is 0 Å². The highest BCUT2D eigenvalue weighted by atomic mass is 28.4. The SMILES string of the molecule is CCO[Si](C)(CCc1c(F)cc(F)cc1F)OCC. The summed E-state index contributed by atoms with van der Waals surface area (Å²) in [6.45, 7) is 6.56. The average molecular weight is 292 g/mol. The van der Waals surface area contributed by atoms with Crippen LogP contribution in [0, 0.1) is 17.5 Å². The van der Waals surface area contributed by atoms with Crippen molar-refractivity contribution in [3.05, 3.63) is 35.1 Å². The Morgan fingerprint density at radius 2 is 1.47 bits per heavy atom. The molecule has 0 spiro atoms. The Hall–Kier alpha value is -0.853. The number of benzene rings is 1. The topological polar surface area (TPSA) is 18.5 Å². The molecular weight excluding hydrogens is 273 g/mol. The highest BCUT2D eigenvalue weighted by Crippen LogP contribution is 2.21. The molecule has 0 aliphatic rings. The van der Waals surface area contributed by atoms with Gasteiger partial charge >= 0.3 is 8.56 Å². The van der Waals surface area contributed by atoms with Crippen LogP contribution in [0.2, 0.25) is 12.6 Å². The Morgan fingerprint density at radius 3 is 1.89 bits per heavy atom. The molecule has 1 aromatic rings. The fraction of sp³-hybridized carbons (Fsp3) is 0.538. The third kappa shape index (κ3) is 4.63. The molecule has 0 unspecified atom stereocenters. The average Bonchev–Trinajstić information content (AvgIpc) is 2.27. The molecule has 0 fully saturated rings. The van der Waals surface area contributed by atoms with Crippen LogP contribution in [-0.4, -0.2) is 21.8 Å². The molecule has 0 N–H and O–H groups in total. The van der Waals surface area contributed by atoms with Gasteiger partial charge in [-0.2, -0.15) is 0 Å². The van der Waals surface area contributed by atoms with Gasteiger partial charge in [-0.05, 0) is 32.9 Å². The van der Waals surface area contributed by atoms with E-state index in [2.05, 4.69) is 0 Å². The number of hydrogen-bond acceptors (Lipinski definition) is 2. The second-order valence-electron chi connectivity index (χ2n) is 4.35. The van der Waals surface area contributed by atoms with Crippen LogP contribution in [0.4, 0.5) is 13.2 Å². The molecule has 0 aliphatic heterocycles. The summed E-state index contributed by atoms with van der Waals surface area (Å²) in [6.07, 6.45) is 0.140. The standard InChI is InChI=1S/C13H19F3O2Si/c1-4-17-19(3,18-5-2)7-6-11-12(15)8-10(14)9-13(11)16/h8-9H,4-7H2,1-3H3. The van der Waals surface area contributed by atoms with E-state index in [1.165, 1.54) is 0 Å². The lowest BCUT2D eigenvalue weighted by Gasteiger charge is -2.26. The first-order valence-corrected chi connectivity index (χ1v) is 8.85. The monoisotopic (exact) mass is 292 g/mol. The number of rotatable bonds is 7. The van der Waals surface area contributed by atoms with Gasteiger partial charge in [0.25, 0.3) is 0 Å². The summed E-state index contributed by atoms with van der Waals surface area (Å²) in [4.78, 5) is 0. The van der Waals surface area contributed by atoms with E-state index in [0.717, 1.165) is 0 Å². The first kappa shape index (κ1) is 16.2. The summed E-state index contributed by atoms with van der Waals surface area (Å²) in [7, 11) is -2.42. The fourth-order valence-electron chi connectivity index (χ4n) is 1.96. The summed E-state index contributed by atoms with van der Waals surface area (Å²) in [5.74, 6) is -2.63. The first-order valence-electron chi connectivity index (χ1n) is 6.33. The van der Waals surface area contributed by atoms with Crippen LogP contribution in [0.25, 0.3) is 0 Å². The van der Waals surface area contributed by atoms with E-state index in [0.29, 0.717) is 31.4 Å². The van der Waals surface area contributed by atoms with Crippen LogP contribution in [0.15, 0.2) is 12.1 Å². The van der Waals surface area contributed by atoms with E-state index < -0.39 is 26.0 Å². The van der Waals surface area contributed by atoms with Gasteiger partial charge in [0.2, 0.25) is 0 Å². The first-order chi connectivity index (χ1) is 8.91. The molecule has 1 aromatic carbocycles. The Kier molecular flexibility index (Phi) is 6.03. The maximum Gasteiger partial charge on any atom is 0.335 e. The lowest BCUT2D eigenvalue weighted by atomic mass is 10.1. The molecule has 0 aromatic heterocycles. The van der Waals surface area contributed by atoms with Crippen molar-refractivity contribution < 1.29 is 22.0 Å². The van der Waals surface area contributed by atoms with E-state index in [9.17, 15) is 13.2 Å². The Morgan fingerprint density at radius 1 is 1.00 bits per heavy atom. The van der Waals surface area contributed by atoms with E-state index in [1.54, 1.807) is 0 Å². The van der Waals surface area contributed by atoms with Crippen molar-refractivity contribution in [1.82, 2.24) is 0 Å². The van der Waals surface area contributed by atoms with Gasteiger partial charge in [-0.3, -0.25) is 0 Å². The fourth-order valence-corrected chi connectivity index (χ4v) is 4.26. The van der Waals surface area contributed by atoms with Gasteiger partial charge in [-0.15, -0.1) is 0 Å². The Labute approximate surface area is 112 Å². The van der Waals surface area contributed by atoms with Gasteiger partial charge in [-0.25, -0.2) is 13.2 Å². The molecule has 0 aliphatic carbocycles. The van der Waals surface area contributed by atoms with Gasteiger partial charge in [0.1, 0.15) is 17.5 Å². The second-order valence-corrected chi connectivity index (χ2v) is 7.69. The number of halogens is 3. The smallest absolute Gasteiger partial charge is 0.335 e. The van der Waals surface area contributed by atoms with Gasteiger partial charge in [0.15, 0.2) is 0 Å². The van der Waals surface area contributed by atoms with Crippen LogP contribution in [0.5, 0.6) is 0 Å². The highest BCUT2D eigenvalue weighted by molar-refractivity contribution is 6.66. The summed E-state index contributed by atoms with van der Waals surface area (Å²) in [6, 6.07) is 1.81. The zero-order valence-corrected chi connectivity index (χ0v) is 12.4. The molecule has 6 heteroatoms. The lowest BCUT2D eigenvalue weighted by Crippen LogP contribution is -2.39. The van der Waals surface area contributed by atoms with E-state index >= 15 is 0 Å². The summed E-state index contributed by atoms with van der Waals surface area (Å²) >= 11 is 0. The van der Waals surface area contributed by atoms with Crippen molar-refractivity contribution in [2.45, 2.75) is 32.9 Å². The molecule has 0 radical (unpaired) electrons. The molecule has 2 nitrogen and oxygen atoms in total. The van der Waals surface area contributed by atoms with Crippen molar-refractivity contribution in [2.75, 3.05) is 13.2 Å². The molecular formula is C13H19F3O2Si. The van der Waals surface area contributed by atoms with Crippen LogP contribution < -0.4 is 0 Å². The van der Waals surface area contributed by atoms with E-state index in [1.807, 2.05) is 20.4 Å². The molecule has 0 heterocycles. The minimum atomic E-state index is -2.42. The molecule has 1 rings (SSSR count). The number of hydrogen-bond donors (Lipinski definition) is 0. The summed E-state index contributed by atoms with van der Waals surface area (Å²) < 4.78 is 51.0. The minimum absolute atomic E-state index is 0.112. The largest absolute Gasteiger partial charge is 0.395 e. The van der Waals surface area contributed by atoms with E-state index in [4.69, 9.17) is 8.85 Å². The molecule has 0 saturated carbocycles. The quantitative estimate of drug-likeness (QED) is 0.712. The third-order valence-corrected chi connectivity index (χ3v) is 5.79. The summed E-state index contributed by atoms with van der Waals surface area (Å²) in [5.41, 5.74) is -0.112.